The molecule has 2 N–H and O–H groups in total. The molecule has 1 aliphatic carbocycles. The maximum atomic E-state index is 11.8. The highest BCUT2D eigenvalue weighted by Crippen LogP contribution is 2.27. The zero-order valence-corrected chi connectivity index (χ0v) is 11.6. The van der Waals surface area contributed by atoms with E-state index in [0.29, 0.717) is 6.54 Å². The third-order valence-electron chi connectivity index (χ3n) is 3.39. The number of methoxy groups -OCH3 is 1. The maximum Gasteiger partial charge on any atom is 0.234 e. The fourth-order valence-corrected chi connectivity index (χ4v) is 2.00. The maximum absolute atomic E-state index is 11.8. The number of nitrogens with one attached hydrogen (secondary N) is 2. The first-order valence-corrected chi connectivity index (χ1v) is 6.83. The van der Waals surface area contributed by atoms with Gasteiger partial charge in [-0.3, -0.25) is 4.79 Å². The van der Waals surface area contributed by atoms with Crippen LogP contribution in [-0.2, 0) is 4.79 Å². The summed E-state index contributed by atoms with van der Waals surface area (Å²) in [6.07, 6.45) is 2.60. The van der Waals surface area contributed by atoms with E-state index in [1.807, 2.05) is 31.2 Å². The smallest absolute Gasteiger partial charge is 0.234 e. The molecule has 0 aliphatic heterocycles. The molecule has 0 radical (unpaired) electrons. The molecule has 19 heavy (non-hydrogen) atoms. The summed E-state index contributed by atoms with van der Waals surface area (Å²) >= 11 is 0. The van der Waals surface area contributed by atoms with Gasteiger partial charge >= 0.3 is 0 Å². The van der Waals surface area contributed by atoms with Crippen LogP contribution in [-0.4, -0.2) is 26.1 Å². The first-order chi connectivity index (χ1) is 9.19. The van der Waals surface area contributed by atoms with Crippen LogP contribution in [0.5, 0.6) is 5.75 Å². The summed E-state index contributed by atoms with van der Waals surface area (Å²) in [5.41, 5.74) is 1.05. The average Bonchev–Trinajstić information content (AvgIpc) is 3.23. The van der Waals surface area contributed by atoms with E-state index in [9.17, 15) is 4.79 Å². The summed E-state index contributed by atoms with van der Waals surface area (Å²) in [5, 5.41) is 6.17. The minimum absolute atomic E-state index is 0.00896. The van der Waals surface area contributed by atoms with E-state index in [-0.39, 0.29) is 11.9 Å². The molecule has 4 nitrogen and oxygen atoms in total. The van der Waals surface area contributed by atoms with Gasteiger partial charge in [0.2, 0.25) is 5.91 Å². The lowest BCUT2D eigenvalue weighted by molar-refractivity contribution is -0.120. The van der Waals surface area contributed by atoms with Crippen LogP contribution in [0, 0.1) is 5.92 Å². The molecule has 104 valence electrons. The van der Waals surface area contributed by atoms with Gasteiger partial charge in [-0.15, -0.1) is 0 Å². The Hall–Kier alpha value is -1.55. The number of hydrogen-bond donors (Lipinski definition) is 2. The van der Waals surface area contributed by atoms with Crippen molar-refractivity contribution in [2.24, 2.45) is 5.92 Å². The predicted molar refractivity (Wildman–Crippen MR) is 75.1 cm³/mol. The summed E-state index contributed by atoms with van der Waals surface area (Å²) in [6, 6.07) is 7.76. The molecule has 1 aliphatic rings. The molecule has 0 aromatic heterocycles. The number of amides is 1. The highest BCUT2D eigenvalue weighted by atomic mass is 16.5. The second-order valence-electron chi connectivity index (χ2n) is 5.14. The van der Waals surface area contributed by atoms with Crippen molar-refractivity contribution in [1.82, 2.24) is 10.6 Å². The topological polar surface area (TPSA) is 50.4 Å². The van der Waals surface area contributed by atoms with Crippen molar-refractivity contribution in [3.63, 3.8) is 0 Å². The number of carbonyl (C=O) groups is 1. The van der Waals surface area contributed by atoms with Crippen molar-refractivity contribution in [1.29, 1.82) is 0 Å². The number of hydrogen-bond acceptors (Lipinski definition) is 3. The molecule has 0 heterocycles. The van der Waals surface area contributed by atoms with Crippen LogP contribution in [0.25, 0.3) is 0 Å². The summed E-state index contributed by atoms with van der Waals surface area (Å²) in [6.45, 7) is 3.33. The van der Waals surface area contributed by atoms with Gasteiger partial charge in [-0.2, -0.15) is 0 Å². The Kier molecular flexibility index (Phi) is 4.80. The van der Waals surface area contributed by atoms with Gasteiger partial charge in [0.25, 0.3) is 0 Å². The monoisotopic (exact) mass is 262 g/mol. The fourth-order valence-electron chi connectivity index (χ4n) is 2.00. The van der Waals surface area contributed by atoms with Crippen LogP contribution >= 0.6 is 0 Å². The SMILES string of the molecule is COc1cccc(C(C)NC(=O)CNCC2CC2)c1. The van der Waals surface area contributed by atoms with E-state index in [1.54, 1.807) is 7.11 Å². The first kappa shape index (κ1) is 13.9. The molecular weight excluding hydrogens is 240 g/mol. The molecule has 1 amide bonds. The standard InChI is InChI=1S/C15H22N2O2/c1-11(13-4-3-5-14(8-13)19-2)17-15(18)10-16-9-12-6-7-12/h3-5,8,11-12,16H,6-7,9-10H2,1-2H3,(H,17,18). The van der Waals surface area contributed by atoms with E-state index in [4.69, 9.17) is 4.74 Å². The van der Waals surface area contributed by atoms with Gasteiger partial charge in [0, 0.05) is 0 Å². The largest absolute Gasteiger partial charge is 0.497 e. The minimum atomic E-state index is -0.00896. The Morgan fingerprint density at radius 3 is 2.95 bits per heavy atom. The zero-order chi connectivity index (χ0) is 13.7. The normalized spacial score (nSPS) is 15.9. The molecule has 0 spiro atoms. The average molecular weight is 262 g/mol. The second-order valence-corrected chi connectivity index (χ2v) is 5.14. The number of benzene rings is 1. The highest BCUT2D eigenvalue weighted by molar-refractivity contribution is 5.78. The van der Waals surface area contributed by atoms with Crippen LogP contribution in [0.1, 0.15) is 31.4 Å². The molecule has 1 aromatic rings. The molecule has 1 fully saturated rings. The predicted octanol–water partition coefficient (Wildman–Crippen LogP) is 1.87. The van der Waals surface area contributed by atoms with Crippen molar-refractivity contribution in [2.45, 2.75) is 25.8 Å². The molecular formula is C15H22N2O2. The third-order valence-corrected chi connectivity index (χ3v) is 3.39. The van der Waals surface area contributed by atoms with Crippen LogP contribution in [0.15, 0.2) is 24.3 Å². The lowest BCUT2D eigenvalue weighted by Gasteiger charge is -2.15. The summed E-state index contributed by atoms with van der Waals surface area (Å²) in [5.74, 6) is 1.64. The van der Waals surface area contributed by atoms with Crippen LogP contribution in [0.3, 0.4) is 0 Å². The Bertz CT molecular complexity index is 430. The van der Waals surface area contributed by atoms with Gasteiger partial charge in [-0.05, 0) is 49.9 Å². The number of ether oxygens (including phenoxy) is 1. The van der Waals surface area contributed by atoms with E-state index < -0.39 is 0 Å². The minimum Gasteiger partial charge on any atom is -0.497 e. The molecule has 0 saturated heterocycles. The van der Waals surface area contributed by atoms with Crippen molar-refractivity contribution in [3.05, 3.63) is 29.8 Å². The summed E-state index contributed by atoms with van der Waals surface area (Å²) in [4.78, 5) is 11.8. The molecule has 1 atom stereocenters. The van der Waals surface area contributed by atoms with E-state index in [0.717, 1.165) is 23.8 Å². The molecule has 2 rings (SSSR count). The lowest BCUT2D eigenvalue weighted by atomic mass is 10.1. The van der Waals surface area contributed by atoms with Crippen molar-refractivity contribution >= 4 is 5.91 Å². The van der Waals surface area contributed by atoms with Gasteiger partial charge in [0.1, 0.15) is 5.75 Å². The zero-order valence-electron chi connectivity index (χ0n) is 11.6. The summed E-state index contributed by atoms with van der Waals surface area (Å²) in [7, 11) is 1.64. The number of carbonyl (C=O) groups excluding carboxylic acids is 1. The van der Waals surface area contributed by atoms with E-state index in [2.05, 4.69) is 10.6 Å². The second kappa shape index (κ2) is 6.57. The van der Waals surface area contributed by atoms with Crippen LogP contribution in [0.2, 0.25) is 0 Å². The quantitative estimate of drug-likeness (QED) is 0.788. The summed E-state index contributed by atoms with van der Waals surface area (Å²) < 4.78 is 5.18. The van der Waals surface area contributed by atoms with Crippen LogP contribution in [0.4, 0.5) is 0 Å². The van der Waals surface area contributed by atoms with E-state index >= 15 is 0 Å². The third kappa shape index (κ3) is 4.56. The molecule has 4 heteroatoms. The van der Waals surface area contributed by atoms with Crippen molar-refractivity contribution in [3.8, 4) is 5.75 Å². The van der Waals surface area contributed by atoms with Gasteiger partial charge in [0.15, 0.2) is 0 Å². The van der Waals surface area contributed by atoms with Gasteiger partial charge < -0.3 is 15.4 Å². The molecule has 1 aromatic carbocycles. The number of rotatable bonds is 7. The highest BCUT2D eigenvalue weighted by Gasteiger charge is 2.20. The van der Waals surface area contributed by atoms with Crippen molar-refractivity contribution < 1.29 is 9.53 Å². The van der Waals surface area contributed by atoms with Gasteiger partial charge in [-0.1, -0.05) is 12.1 Å². The Morgan fingerprint density at radius 2 is 2.26 bits per heavy atom. The van der Waals surface area contributed by atoms with Gasteiger partial charge in [0.05, 0.1) is 19.7 Å². The molecule has 0 bridgehead atoms. The lowest BCUT2D eigenvalue weighted by Crippen LogP contribution is -2.36. The Morgan fingerprint density at radius 1 is 1.47 bits per heavy atom. The Labute approximate surface area is 114 Å². The fraction of sp³-hybridized carbons (Fsp3) is 0.533. The van der Waals surface area contributed by atoms with E-state index in [1.165, 1.54) is 12.8 Å². The molecule has 1 saturated carbocycles. The van der Waals surface area contributed by atoms with Crippen LogP contribution < -0.4 is 15.4 Å². The molecule has 1 unspecified atom stereocenters. The first-order valence-electron chi connectivity index (χ1n) is 6.83. The van der Waals surface area contributed by atoms with Crippen molar-refractivity contribution in [2.75, 3.05) is 20.2 Å². The van der Waals surface area contributed by atoms with Gasteiger partial charge in [-0.25, -0.2) is 0 Å². The Balaban J connectivity index is 1.77.